The van der Waals surface area contributed by atoms with Crippen LogP contribution < -0.4 is 10.1 Å². The molecule has 0 saturated carbocycles. The summed E-state index contributed by atoms with van der Waals surface area (Å²) in [6, 6.07) is 20.0. The van der Waals surface area contributed by atoms with Gasteiger partial charge < -0.3 is 19.7 Å². The largest absolute Gasteiger partial charge is 0.496 e. The van der Waals surface area contributed by atoms with Crippen LogP contribution in [0.3, 0.4) is 0 Å². The van der Waals surface area contributed by atoms with Crippen LogP contribution >= 0.6 is 0 Å². The van der Waals surface area contributed by atoms with Crippen molar-refractivity contribution in [2.75, 3.05) is 27.4 Å². The van der Waals surface area contributed by atoms with E-state index in [1.54, 1.807) is 43.4 Å². The number of nitrogens with one attached hydrogen (secondary N) is 1. The number of carbonyl (C=O) groups is 2. The molecule has 1 aliphatic heterocycles. The number of hydrogen-bond donors (Lipinski definition) is 1. The minimum Gasteiger partial charge on any atom is -0.496 e. The van der Waals surface area contributed by atoms with Crippen LogP contribution in [0.1, 0.15) is 39.0 Å². The van der Waals surface area contributed by atoms with Gasteiger partial charge >= 0.3 is 0 Å². The molecule has 6 nitrogen and oxygen atoms in total. The topological polar surface area (TPSA) is 67.9 Å². The first kappa shape index (κ1) is 23.4. The Morgan fingerprint density at radius 3 is 2.44 bits per heavy atom. The van der Waals surface area contributed by atoms with Crippen LogP contribution in [0.5, 0.6) is 5.75 Å². The summed E-state index contributed by atoms with van der Waals surface area (Å²) in [6.07, 6.45) is 0. The molecule has 1 N–H and O–H groups in total. The van der Waals surface area contributed by atoms with Crippen molar-refractivity contribution in [1.82, 2.24) is 10.2 Å². The molecule has 2 amide bonds. The number of amides is 2. The number of benzene rings is 3. The standard InChI is InChI=1S/C27H27FN2O4/c1-33-16-15-30-25(18-11-13-20(28)14-12-18)24(21-8-4-5-9-22(21)27(30)32)26(31)29-17-19-7-3-6-10-23(19)34-2/h3-14,24-25H,15-17H2,1-2H3,(H,29,31). The third kappa shape index (κ3) is 4.65. The van der Waals surface area contributed by atoms with Crippen LogP contribution in [-0.2, 0) is 16.1 Å². The van der Waals surface area contributed by atoms with E-state index in [4.69, 9.17) is 9.47 Å². The summed E-state index contributed by atoms with van der Waals surface area (Å²) in [5, 5.41) is 3.02. The predicted octanol–water partition coefficient (Wildman–Crippen LogP) is 4.08. The maximum Gasteiger partial charge on any atom is 0.254 e. The molecule has 0 aliphatic carbocycles. The van der Waals surface area contributed by atoms with Crippen molar-refractivity contribution in [3.05, 3.63) is 101 Å². The molecule has 1 heterocycles. The minimum absolute atomic E-state index is 0.184. The highest BCUT2D eigenvalue weighted by atomic mass is 19.1. The molecule has 176 valence electrons. The maximum absolute atomic E-state index is 13.7. The second-order valence-electron chi connectivity index (χ2n) is 8.08. The number of carbonyl (C=O) groups excluding carboxylic acids is 2. The number of rotatable bonds is 8. The fourth-order valence-electron chi connectivity index (χ4n) is 4.48. The van der Waals surface area contributed by atoms with Crippen LogP contribution in [0, 0.1) is 5.82 Å². The molecule has 0 spiro atoms. The normalized spacial score (nSPS) is 17.3. The van der Waals surface area contributed by atoms with Gasteiger partial charge in [0.1, 0.15) is 11.6 Å². The van der Waals surface area contributed by atoms with Gasteiger partial charge in [0, 0.05) is 31.3 Å². The lowest BCUT2D eigenvalue weighted by atomic mass is 9.79. The van der Waals surface area contributed by atoms with Crippen LogP contribution in [0.25, 0.3) is 0 Å². The molecule has 4 rings (SSSR count). The first-order valence-corrected chi connectivity index (χ1v) is 11.1. The Morgan fingerprint density at radius 2 is 1.71 bits per heavy atom. The van der Waals surface area contributed by atoms with E-state index >= 15 is 0 Å². The second kappa shape index (κ2) is 10.5. The van der Waals surface area contributed by atoms with Gasteiger partial charge in [-0.25, -0.2) is 4.39 Å². The highest BCUT2D eigenvalue weighted by Gasteiger charge is 2.43. The molecular weight excluding hydrogens is 435 g/mol. The number of fused-ring (bicyclic) bond motifs is 1. The number of ether oxygens (including phenoxy) is 2. The minimum atomic E-state index is -0.689. The Hall–Kier alpha value is -3.71. The van der Waals surface area contributed by atoms with Crippen molar-refractivity contribution < 1.29 is 23.5 Å². The van der Waals surface area contributed by atoms with Gasteiger partial charge in [0.25, 0.3) is 5.91 Å². The predicted molar refractivity (Wildman–Crippen MR) is 126 cm³/mol. The smallest absolute Gasteiger partial charge is 0.254 e. The molecule has 2 atom stereocenters. The van der Waals surface area contributed by atoms with Gasteiger partial charge in [-0.2, -0.15) is 0 Å². The number of hydrogen-bond acceptors (Lipinski definition) is 4. The summed E-state index contributed by atoms with van der Waals surface area (Å²) in [5.41, 5.74) is 2.65. The van der Waals surface area contributed by atoms with E-state index in [0.717, 1.165) is 5.56 Å². The summed E-state index contributed by atoms with van der Waals surface area (Å²) in [4.78, 5) is 28.8. The van der Waals surface area contributed by atoms with Crippen molar-refractivity contribution in [3.63, 3.8) is 0 Å². The molecule has 1 aliphatic rings. The van der Waals surface area contributed by atoms with E-state index in [-0.39, 0.29) is 24.2 Å². The van der Waals surface area contributed by atoms with E-state index in [2.05, 4.69) is 5.32 Å². The quantitative estimate of drug-likeness (QED) is 0.548. The lowest BCUT2D eigenvalue weighted by Crippen LogP contribution is -2.48. The Labute approximate surface area is 198 Å². The van der Waals surface area contributed by atoms with Crippen LogP contribution in [0.2, 0.25) is 0 Å². The highest BCUT2D eigenvalue weighted by molar-refractivity contribution is 6.01. The van der Waals surface area contributed by atoms with Crippen molar-refractivity contribution in [3.8, 4) is 5.75 Å². The number of para-hydroxylation sites is 1. The van der Waals surface area contributed by atoms with Gasteiger partial charge in [-0.1, -0.05) is 48.5 Å². The first-order valence-electron chi connectivity index (χ1n) is 11.1. The molecule has 34 heavy (non-hydrogen) atoms. The van der Waals surface area contributed by atoms with Gasteiger partial charge in [-0.05, 0) is 35.4 Å². The molecule has 0 radical (unpaired) electrons. The molecule has 0 bridgehead atoms. The lowest BCUT2D eigenvalue weighted by molar-refractivity contribution is -0.124. The molecule has 0 aromatic heterocycles. The molecule has 0 fully saturated rings. The Balaban J connectivity index is 1.75. The van der Waals surface area contributed by atoms with Crippen LogP contribution in [0.4, 0.5) is 4.39 Å². The molecule has 3 aromatic carbocycles. The molecule has 7 heteroatoms. The summed E-state index contributed by atoms with van der Waals surface area (Å²) in [7, 11) is 3.15. The summed E-state index contributed by atoms with van der Waals surface area (Å²) in [6.45, 7) is 0.868. The average Bonchev–Trinajstić information content (AvgIpc) is 2.87. The van der Waals surface area contributed by atoms with Crippen molar-refractivity contribution in [2.45, 2.75) is 18.5 Å². The molecule has 0 saturated heterocycles. The third-order valence-electron chi connectivity index (χ3n) is 6.11. The van der Waals surface area contributed by atoms with E-state index in [1.165, 1.54) is 12.1 Å². The van der Waals surface area contributed by atoms with Crippen LogP contribution in [0.15, 0.2) is 72.8 Å². The summed E-state index contributed by atoms with van der Waals surface area (Å²) >= 11 is 0. The van der Waals surface area contributed by atoms with Crippen molar-refractivity contribution >= 4 is 11.8 Å². The fourth-order valence-corrected chi connectivity index (χ4v) is 4.48. The van der Waals surface area contributed by atoms with Gasteiger partial charge in [-0.15, -0.1) is 0 Å². The zero-order valence-electron chi connectivity index (χ0n) is 19.2. The van der Waals surface area contributed by atoms with E-state index in [1.807, 2.05) is 36.4 Å². The Bertz CT molecular complexity index is 1170. The molecule has 2 unspecified atom stereocenters. The van der Waals surface area contributed by atoms with E-state index < -0.39 is 12.0 Å². The third-order valence-corrected chi connectivity index (χ3v) is 6.11. The number of halogens is 1. The zero-order valence-corrected chi connectivity index (χ0v) is 19.2. The van der Waals surface area contributed by atoms with Crippen molar-refractivity contribution in [1.29, 1.82) is 0 Å². The van der Waals surface area contributed by atoms with Crippen LogP contribution in [-0.4, -0.2) is 44.1 Å². The van der Waals surface area contributed by atoms with E-state index in [9.17, 15) is 14.0 Å². The Morgan fingerprint density at radius 1 is 1.00 bits per heavy atom. The molecule has 3 aromatic rings. The van der Waals surface area contributed by atoms with Crippen molar-refractivity contribution in [2.24, 2.45) is 0 Å². The highest BCUT2D eigenvalue weighted by Crippen LogP contribution is 2.42. The SMILES string of the molecule is COCCN1C(=O)c2ccccc2C(C(=O)NCc2ccccc2OC)C1c1ccc(F)cc1. The fraction of sp³-hybridized carbons (Fsp3) is 0.259. The first-order chi connectivity index (χ1) is 16.5. The monoisotopic (exact) mass is 462 g/mol. The van der Waals surface area contributed by atoms with E-state index in [0.29, 0.717) is 35.6 Å². The van der Waals surface area contributed by atoms with Gasteiger partial charge in [-0.3, -0.25) is 9.59 Å². The molecular formula is C27H27FN2O4. The average molecular weight is 463 g/mol. The van der Waals surface area contributed by atoms with Gasteiger partial charge in [0.15, 0.2) is 0 Å². The summed E-state index contributed by atoms with van der Waals surface area (Å²) in [5.74, 6) is -0.810. The lowest BCUT2D eigenvalue weighted by Gasteiger charge is -2.41. The second-order valence-corrected chi connectivity index (χ2v) is 8.08. The zero-order chi connectivity index (χ0) is 24.1. The van der Waals surface area contributed by atoms with Gasteiger partial charge in [0.05, 0.1) is 25.7 Å². The summed E-state index contributed by atoms with van der Waals surface area (Å²) < 4.78 is 24.4. The number of methoxy groups -OCH3 is 2. The maximum atomic E-state index is 13.7. The number of nitrogens with zero attached hydrogens (tertiary/aromatic N) is 1. The Kier molecular flexibility index (Phi) is 7.23. The van der Waals surface area contributed by atoms with Gasteiger partial charge in [0.2, 0.25) is 5.91 Å².